The van der Waals surface area contributed by atoms with E-state index in [4.69, 9.17) is 10.5 Å². The van der Waals surface area contributed by atoms with Crippen molar-refractivity contribution in [2.45, 2.75) is 114 Å². The van der Waals surface area contributed by atoms with Crippen LogP contribution in [0, 0.1) is 11.8 Å². The number of nitrogens with two attached hydrogens (primary N) is 1. The summed E-state index contributed by atoms with van der Waals surface area (Å²) in [4.78, 5) is 51.1. The zero-order valence-electron chi connectivity index (χ0n) is 23.1. The van der Waals surface area contributed by atoms with Gasteiger partial charge in [0.15, 0.2) is 0 Å². The molecule has 3 fully saturated rings. The Morgan fingerprint density at radius 2 is 1.89 bits per heavy atom. The van der Waals surface area contributed by atoms with Gasteiger partial charge in [-0.1, -0.05) is 25.0 Å². The lowest BCUT2D eigenvalue weighted by atomic mass is 10.0. The van der Waals surface area contributed by atoms with Gasteiger partial charge in [-0.05, 0) is 85.0 Å². The van der Waals surface area contributed by atoms with Crippen molar-refractivity contribution in [2.24, 2.45) is 17.6 Å². The van der Waals surface area contributed by atoms with E-state index in [1.807, 2.05) is 6.92 Å². The van der Waals surface area contributed by atoms with E-state index in [9.17, 15) is 23.4 Å². The first-order chi connectivity index (χ1) is 17.8. The van der Waals surface area contributed by atoms with E-state index in [0.29, 0.717) is 32.2 Å². The van der Waals surface area contributed by atoms with Crippen LogP contribution in [-0.2, 0) is 30.1 Å². The van der Waals surface area contributed by atoms with Gasteiger partial charge in [0.05, 0.1) is 4.75 Å². The Kier molecular flexibility index (Phi) is 10.00. The van der Waals surface area contributed by atoms with Crippen LogP contribution in [0.4, 0.5) is 4.79 Å². The molecule has 11 heteroatoms. The zero-order valence-corrected chi connectivity index (χ0v) is 23.9. The number of alkyl carbamates (subject to hydrolysis) is 1. The molecule has 3 aliphatic rings. The molecule has 4 N–H and O–H groups in total. The van der Waals surface area contributed by atoms with E-state index in [2.05, 4.69) is 22.2 Å². The normalized spacial score (nSPS) is 25.5. The van der Waals surface area contributed by atoms with E-state index in [-0.39, 0.29) is 28.4 Å². The summed E-state index contributed by atoms with van der Waals surface area (Å²) in [6.45, 7) is 7.65. The molecule has 1 saturated heterocycles. The van der Waals surface area contributed by atoms with E-state index >= 15 is 0 Å². The van der Waals surface area contributed by atoms with Crippen molar-refractivity contribution >= 4 is 34.8 Å². The molecule has 0 aromatic heterocycles. The molecule has 0 radical (unpaired) electrons. The summed E-state index contributed by atoms with van der Waals surface area (Å²) >= 11 is 0. The van der Waals surface area contributed by atoms with Gasteiger partial charge >= 0.3 is 6.09 Å². The molecule has 0 aromatic carbocycles. The number of allylic oxidation sites excluding steroid dienone is 2. The third kappa shape index (κ3) is 8.81. The zero-order chi connectivity index (χ0) is 28.1. The maximum Gasteiger partial charge on any atom is 0.408 e. The molecule has 5 atom stereocenters. The summed E-state index contributed by atoms with van der Waals surface area (Å²) in [6.07, 6.45) is 11.1. The highest BCUT2D eigenvalue weighted by molar-refractivity contribution is 7.85. The summed E-state index contributed by atoms with van der Waals surface area (Å²) in [6, 6.07) is -1.42. The largest absolute Gasteiger partial charge is 0.444 e. The molecule has 0 spiro atoms. The number of nitrogens with zero attached hydrogens (tertiary/aromatic N) is 1. The molecular weight excluding hydrogens is 508 g/mol. The van der Waals surface area contributed by atoms with Crippen molar-refractivity contribution in [3.8, 4) is 0 Å². The topological polar surface area (TPSA) is 148 Å². The van der Waals surface area contributed by atoms with Gasteiger partial charge in [-0.3, -0.25) is 19.1 Å². The van der Waals surface area contributed by atoms with E-state index in [0.717, 1.165) is 38.5 Å². The van der Waals surface area contributed by atoms with Crippen molar-refractivity contribution in [1.82, 2.24) is 14.9 Å². The first-order valence-electron chi connectivity index (χ1n) is 13.8. The molecule has 4 amide bonds. The minimum atomic E-state index is -1.29. The molecule has 1 heterocycles. The van der Waals surface area contributed by atoms with Crippen molar-refractivity contribution in [3.05, 3.63) is 12.2 Å². The molecule has 38 heavy (non-hydrogen) atoms. The van der Waals surface area contributed by atoms with Crippen LogP contribution in [0.5, 0.6) is 0 Å². The summed E-state index contributed by atoms with van der Waals surface area (Å²) in [5.74, 6) is -0.821. The average Bonchev–Trinajstić information content (AvgIpc) is 3.71. The number of carbonyl (C=O) groups is 4. The quantitative estimate of drug-likeness (QED) is 0.236. The highest BCUT2D eigenvalue weighted by Crippen LogP contribution is 2.42. The van der Waals surface area contributed by atoms with Crippen LogP contribution in [0.1, 0.15) is 91.9 Å². The van der Waals surface area contributed by atoms with E-state index in [1.54, 1.807) is 20.8 Å². The van der Waals surface area contributed by atoms with E-state index < -0.39 is 40.7 Å². The molecule has 0 bridgehead atoms. The molecule has 2 saturated carbocycles. The van der Waals surface area contributed by atoms with Crippen LogP contribution in [0.3, 0.4) is 0 Å². The monoisotopic (exact) mass is 552 g/mol. The number of primary amides is 1. The van der Waals surface area contributed by atoms with Gasteiger partial charge in [0.2, 0.25) is 17.7 Å². The number of ether oxygens (including phenoxy) is 1. The van der Waals surface area contributed by atoms with Crippen LogP contribution < -0.4 is 15.8 Å². The lowest BCUT2D eigenvalue weighted by Gasteiger charge is -2.28. The maximum atomic E-state index is 13.2. The van der Waals surface area contributed by atoms with Crippen molar-refractivity contribution in [3.63, 3.8) is 0 Å². The number of amides is 4. The molecule has 4 unspecified atom stereocenters. The molecular formula is C27H44N4O6S. The first-order valence-corrected chi connectivity index (χ1v) is 14.9. The van der Waals surface area contributed by atoms with Crippen LogP contribution in [0.25, 0.3) is 0 Å². The van der Waals surface area contributed by atoms with Gasteiger partial charge in [-0.2, -0.15) is 0 Å². The number of likely N-dealkylation sites (tertiary alicyclic amines) is 1. The summed E-state index contributed by atoms with van der Waals surface area (Å²) in [7, 11) is -1.29. The third-order valence-electron chi connectivity index (χ3n) is 7.37. The van der Waals surface area contributed by atoms with Crippen LogP contribution in [0.2, 0.25) is 0 Å². The number of hydrogen-bond acceptors (Lipinski definition) is 6. The Hall–Kier alpha value is -2.43. The number of carbonyl (C=O) groups excluding carboxylic acids is 4. The maximum absolute atomic E-state index is 13.2. The summed E-state index contributed by atoms with van der Waals surface area (Å²) in [5, 5.41) is 2.70. The molecule has 1 aliphatic heterocycles. The van der Waals surface area contributed by atoms with Gasteiger partial charge in [0.25, 0.3) is 0 Å². The summed E-state index contributed by atoms with van der Waals surface area (Å²) in [5.41, 5.74) is 4.79. The van der Waals surface area contributed by atoms with E-state index in [1.165, 1.54) is 4.90 Å². The fourth-order valence-electron chi connectivity index (χ4n) is 4.67. The van der Waals surface area contributed by atoms with Gasteiger partial charge in [0.1, 0.15) is 28.7 Å². The Morgan fingerprint density at radius 1 is 1.18 bits per heavy atom. The number of unbranched alkanes of at least 4 members (excludes halogenated alkanes) is 3. The molecule has 3 rings (SSSR count). The Labute approximate surface area is 228 Å². The Morgan fingerprint density at radius 3 is 2.53 bits per heavy atom. The fourth-order valence-corrected chi connectivity index (χ4v) is 5.73. The third-order valence-corrected chi connectivity index (χ3v) is 9.06. The second kappa shape index (κ2) is 12.6. The Balaban J connectivity index is 1.40. The van der Waals surface area contributed by atoms with Crippen LogP contribution in [-0.4, -0.2) is 61.9 Å². The molecule has 10 nitrogen and oxygen atoms in total. The predicted molar refractivity (Wildman–Crippen MR) is 145 cm³/mol. The number of rotatable bonds is 13. The van der Waals surface area contributed by atoms with Crippen LogP contribution in [0.15, 0.2) is 12.2 Å². The lowest BCUT2D eigenvalue weighted by Crippen LogP contribution is -2.53. The highest BCUT2D eigenvalue weighted by atomic mass is 32.2. The smallest absolute Gasteiger partial charge is 0.408 e. The minimum Gasteiger partial charge on any atom is -0.444 e. The van der Waals surface area contributed by atoms with Crippen molar-refractivity contribution in [1.29, 1.82) is 0 Å². The summed E-state index contributed by atoms with van der Waals surface area (Å²) < 4.78 is 19.9. The fraction of sp³-hybridized carbons (Fsp3) is 0.778. The van der Waals surface area contributed by atoms with Gasteiger partial charge in [-0.15, -0.1) is 0 Å². The van der Waals surface area contributed by atoms with Gasteiger partial charge in [0, 0.05) is 12.5 Å². The molecule has 214 valence electrons. The number of hydrogen-bond donors (Lipinski definition) is 3. The van der Waals surface area contributed by atoms with Crippen molar-refractivity contribution < 1.29 is 28.1 Å². The van der Waals surface area contributed by atoms with Crippen LogP contribution >= 0.6 is 0 Å². The molecule has 0 aromatic rings. The predicted octanol–water partition coefficient (Wildman–Crippen LogP) is 2.83. The van der Waals surface area contributed by atoms with Gasteiger partial charge in [-0.25, -0.2) is 9.00 Å². The molecule has 2 aliphatic carbocycles. The highest BCUT2D eigenvalue weighted by Gasteiger charge is 2.47. The lowest BCUT2D eigenvalue weighted by molar-refractivity contribution is -0.139. The first kappa shape index (κ1) is 30.1. The minimum absolute atomic E-state index is 0.0851. The second-order valence-corrected chi connectivity index (χ2v) is 13.8. The standard InChI is InChI=1S/C27H44N4O6S/c1-26(2,3)37-25(35)29-20(24(34)31-16-10-13-21(31)22(28)32)12-9-7-5-6-8-11-18-17-19(18)23(33)30-38(36)27(4)14-15-27/h8,11,18-21H,5-7,9-10,12-17H2,1-4H3,(H2,28,32)(H,29,35)(H,30,33)/b11-8-/t18?,19?,20-,21?,38?/m0/s1. The number of nitrogens with one attached hydrogen (secondary N) is 2. The SMILES string of the molecule is CC(C)(C)OC(=O)N[C@@H](CCCCC/C=C\C1CC1C(=O)NS(=O)C1(C)CC1)C(=O)N1CCCC1C(N)=O. The van der Waals surface area contributed by atoms with Crippen molar-refractivity contribution in [2.75, 3.05) is 6.54 Å². The Bertz CT molecular complexity index is 958. The average molecular weight is 553 g/mol. The second-order valence-electron chi connectivity index (χ2n) is 12.0. The van der Waals surface area contributed by atoms with Gasteiger partial charge < -0.3 is 20.7 Å².